The summed E-state index contributed by atoms with van der Waals surface area (Å²) in [5.41, 5.74) is 6.30. The van der Waals surface area contributed by atoms with Gasteiger partial charge >= 0.3 is 0 Å². The molecule has 88 valence electrons. The molecule has 1 aromatic carbocycles. The summed E-state index contributed by atoms with van der Waals surface area (Å²) >= 11 is 3.50. The second-order valence-electron chi connectivity index (χ2n) is 3.69. The number of primary amides is 1. The van der Waals surface area contributed by atoms with Gasteiger partial charge in [0.25, 0.3) is 0 Å². The molecule has 0 bridgehead atoms. The number of hydrogen-bond acceptors (Lipinski definition) is 2. The average Bonchev–Trinajstić information content (AvgIpc) is 2.25. The zero-order chi connectivity index (χ0) is 11.8. The highest BCUT2D eigenvalue weighted by atomic mass is 79.9. The lowest BCUT2D eigenvalue weighted by molar-refractivity contribution is -0.118. The van der Waals surface area contributed by atoms with Crippen molar-refractivity contribution >= 4 is 21.8 Å². The molecule has 1 aromatic rings. The number of hydrogen-bond donors (Lipinski definition) is 2. The molecule has 0 saturated carbocycles. The van der Waals surface area contributed by atoms with Crippen molar-refractivity contribution in [3.8, 4) is 0 Å². The summed E-state index contributed by atoms with van der Waals surface area (Å²) in [6.45, 7) is 1.76. The number of unbranched alkanes of at least 4 members (excludes halogenated alkanes) is 1. The normalized spacial score (nSPS) is 10.3. The van der Waals surface area contributed by atoms with Gasteiger partial charge in [-0.05, 0) is 31.0 Å². The fourth-order valence-corrected chi connectivity index (χ4v) is 1.84. The van der Waals surface area contributed by atoms with Crippen LogP contribution in [-0.4, -0.2) is 12.5 Å². The number of benzene rings is 1. The van der Waals surface area contributed by atoms with Crippen molar-refractivity contribution in [3.63, 3.8) is 0 Å². The van der Waals surface area contributed by atoms with E-state index in [-0.39, 0.29) is 5.91 Å². The number of carbonyl (C=O) groups is 1. The maximum absolute atomic E-state index is 10.5. The zero-order valence-corrected chi connectivity index (χ0v) is 10.8. The van der Waals surface area contributed by atoms with Gasteiger partial charge in [-0.2, -0.15) is 0 Å². The first-order valence-corrected chi connectivity index (χ1v) is 6.22. The van der Waals surface area contributed by atoms with Crippen molar-refractivity contribution < 1.29 is 4.79 Å². The number of rotatable bonds is 7. The Morgan fingerprint density at radius 1 is 1.31 bits per heavy atom. The SMILES string of the molecule is NC(=O)CCCCNCc1ccccc1Br. The van der Waals surface area contributed by atoms with E-state index >= 15 is 0 Å². The summed E-state index contributed by atoms with van der Waals surface area (Å²) in [5.74, 6) is -0.217. The van der Waals surface area contributed by atoms with Crippen LogP contribution in [-0.2, 0) is 11.3 Å². The van der Waals surface area contributed by atoms with E-state index in [9.17, 15) is 4.79 Å². The minimum absolute atomic E-state index is 0.217. The highest BCUT2D eigenvalue weighted by molar-refractivity contribution is 9.10. The van der Waals surface area contributed by atoms with E-state index in [0.29, 0.717) is 6.42 Å². The number of nitrogens with one attached hydrogen (secondary N) is 1. The lowest BCUT2D eigenvalue weighted by Crippen LogP contribution is -2.16. The predicted octanol–water partition coefficient (Wildman–Crippen LogP) is 2.19. The van der Waals surface area contributed by atoms with Crippen molar-refractivity contribution in [1.29, 1.82) is 0 Å². The Kier molecular flexibility index (Phi) is 6.11. The Morgan fingerprint density at radius 2 is 2.06 bits per heavy atom. The molecule has 1 rings (SSSR count). The van der Waals surface area contributed by atoms with Crippen LogP contribution in [0, 0.1) is 0 Å². The van der Waals surface area contributed by atoms with Crippen LogP contribution >= 0.6 is 15.9 Å². The van der Waals surface area contributed by atoms with E-state index < -0.39 is 0 Å². The lowest BCUT2D eigenvalue weighted by atomic mass is 10.2. The van der Waals surface area contributed by atoms with Gasteiger partial charge in [-0.1, -0.05) is 34.1 Å². The van der Waals surface area contributed by atoms with Gasteiger partial charge in [0.15, 0.2) is 0 Å². The van der Waals surface area contributed by atoms with Gasteiger partial charge in [-0.15, -0.1) is 0 Å². The molecule has 4 heteroatoms. The standard InChI is InChI=1S/C12H17BrN2O/c13-11-6-2-1-5-10(11)9-15-8-4-3-7-12(14)16/h1-2,5-6,15H,3-4,7-9H2,(H2,14,16). The lowest BCUT2D eigenvalue weighted by Gasteiger charge is -2.06. The second kappa shape index (κ2) is 7.41. The Labute approximate surface area is 105 Å². The predicted molar refractivity (Wildman–Crippen MR) is 68.9 cm³/mol. The van der Waals surface area contributed by atoms with Gasteiger partial charge < -0.3 is 11.1 Å². The minimum atomic E-state index is -0.217. The summed E-state index contributed by atoms with van der Waals surface area (Å²) in [5, 5.41) is 3.33. The molecule has 0 aliphatic carbocycles. The van der Waals surface area contributed by atoms with Crippen LogP contribution in [0.3, 0.4) is 0 Å². The van der Waals surface area contributed by atoms with Gasteiger partial charge in [-0.3, -0.25) is 4.79 Å². The maximum Gasteiger partial charge on any atom is 0.217 e. The number of nitrogens with two attached hydrogens (primary N) is 1. The van der Waals surface area contributed by atoms with Crippen LogP contribution in [0.1, 0.15) is 24.8 Å². The summed E-state index contributed by atoms with van der Waals surface area (Å²) in [6, 6.07) is 8.14. The molecular weight excluding hydrogens is 268 g/mol. The van der Waals surface area contributed by atoms with Crippen molar-refractivity contribution in [1.82, 2.24) is 5.32 Å². The van der Waals surface area contributed by atoms with Gasteiger partial charge in [0.2, 0.25) is 5.91 Å². The number of amides is 1. The van der Waals surface area contributed by atoms with E-state index in [1.165, 1.54) is 5.56 Å². The van der Waals surface area contributed by atoms with E-state index in [1.54, 1.807) is 0 Å². The van der Waals surface area contributed by atoms with Crippen LogP contribution in [0.5, 0.6) is 0 Å². The van der Waals surface area contributed by atoms with Gasteiger partial charge in [0, 0.05) is 17.4 Å². The molecule has 1 amide bonds. The minimum Gasteiger partial charge on any atom is -0.370 e. The van der Waals surface area contributed by atoms with E-state index in [4.69, 9.17) is 5.73 Å². The van der Waals surface area contributed by atoms with Crippen LogP contribution in [0.15, 0.2) is 28.7 Å². The van der Waals surface area contributed by atoms with Crippen LogP contribution in [0.25, 0.3) is 0 Å². The largest absolute Gasteiger partial charge is 0.370 e. The van der Waals surface area contributed by atoms with Gasteiger partial charge in [-0.25, -0.2) is 0 Å². The molecule has 0 fully saturated rings. The molecular formula is C12H17BrN2O. The monoisotopic (exact) mass is 284 g/mol. The third-order valence-electron chi connectivity index (χ3n) is 2.30. The molecule has 3 nitrogen and oxygen atoms in total. The zero-order valence-electron chi connectivity index (χ0n) is 9.21. The second-order valence-corrected chi connectivity index (χ2v) is 4.55. The molecule has 0 atom stereocenters. The third-order valence-corrected chi connectivity index (χ3v) is 3.07. The molecule has 0 aliphatic heterocycles. The number of halogens is 1. The fraction of sp³-hybridized carbons (Fsp3) is 0.417. The van der Waals surface area contributed by atoms with Crippen molar-refractivity contribution in [2.24, 2.45) is 5.73 Å². The Bertz CT molecular complexity index is 342. The van der Waals surface area contributed by atoms with Crippen molar-refractivity contribution in [3.05, 3.63) is 34.3 Å². The average molecular weight is 285 g/mol. The van der Waals surface area contributed by atoms with E-state index in [0.717, 1.165) is 30.4 Å². The van der Waals surface area contributed by atoms with Gasteiger partial charge in [0.05, 0.1) is 0 Å². The Balaban J connectivity index is 2.12. The molecule has 0 spiro atoms. The summed E-state index contributed by atoms with van der Waals surface area (Å²) in [4.78, 5) is 10.5. The quantitative estimate of drug-likeness (QED) is 0.755. The molecule has 0 heterocycles. The molecule has 0 radical (unpaired) electrons. The Hall–Kier alpha value is -0.870. The van der Waals surface area contributed by atoms with Crippen molar-refractivity contribution in [2.75, 3.05) is 6.54 Å². The summed E-state index contributed by atoms with van der Waals surface area (Å²) in [6.07, 6.45) is 2.32. The van der Waals surface area contributed by atoms with Crippen molar-refractivity contribution in [2.45, 2.75) is 25.8 Å². The molecule has 0 aliphatic rings. The summed E-state index contributed by atoms with van der Waals surface area (Å²) in [7, 11) is 0. The van der Waals surface area contributed by atoms with E-state index in [2.05, 4.69) is 27.3 Å². The smallest absolute Gasteiger partial charge is 0.217 e. The topological polar surface area (TPSA) is 55.1 Å². The highest BCUT2D eigenvalue weighted by Gasteiger charge is 1.98. The first-order valence-electron chi connectivity index (χ1n) is 5.42. The number of carbonyl (C=O) groups excluding carboxylic acids is 1. The molecule has 0 saturated heterocycles. The first kappa shape index (κ1) is 13.2. The molecule has 0 unspecified atom stereocenters. The molecule has 0 aromatic heterocycles. The van der Waals surface area contributed by atoms with Crippen LogP contribution in [0.2, 0.25) is 0 Å². The maximum atomic E-state index is 10.5. The van der Waals surface area contributed by atoms with Gasteiger partial charge in [0.1, 0.15) is 0 Å². The molecule has 16 heavy (non-hydrogen) atoms. The first-order chi connectivity index (χ1) is 7.70. The van der Waals surface area contributed by atoms with E-state index in [1.807, 2.05) is 18.2 Å². The molecule has 3 N–H and O–H groups in total. The fourth-order valence-electron chi connectivity index (χ4n) is 1.41. The van der Waals surface area contributed by atoms with Crippen LogP contribution in [0.4, 0.5) is 0 Å². The third kappa shape index (κ3) is 5.28. The summed E-state index contributed by atoms with van der Waals surface area (Å²) < 4.78 is 1.12. The highest BCUT2D eigenvalue weighted by Crippen LogP contribution is 2.15. The van der Waals surface area contributed by atoms with Crippen LogP contribution < -0.4 is 11.1 Å². The Morgan fingerprint density at radius 3 is 2.75 bits per heavy atom.